The minimum atomic E-state index is -0.893. The Kier molecular flexibility index (Phi) is 3.70. The zero-order chi connectivity index (χ0) is 13.2. The number of nitrogens with two attached hydrogens (primary N) is 3. The lowest BCUT2D eigenvalue weighted by molar-refractivity contribution is -0.134. The standard InChI is InChI=1S/C12H20N4O2/c13-10-8-12(14,15)2-1-9(10)7-11(17)16-3-5-18-6-4-16/h1-2H,3-8,13-15H2. The van der Waals surface area contributed by atoms with E-state index in [4.69, 9.17) is 21.9 Å². The van der Waals surface area contributed by atoms with Crippen LogP contribution in [-0.4, -0.2) is 42.8 Å². The molecule has 1 aliphatic heterocycles. The molecule has 1 aliphatic carbocycles. The first-order valence-corrected chi connectivity index (χ1v) is 6.08. The van der Waals surface area contributed by atoms with E-state index in [-0.39, 0.29) is 5.91 Å². The molecule has 0 aromatic rings. The van der Waals surface area contributed by atoms with Gasteiger partial charge in [-0.2, -0.15) is 0 Å². The third kappa shape index (κ3) is 3.10. The van der Waals surface area contributed by atoms with Crippen LogP contribution in [0.4, 0.5) is 0 Å². The Hall–Kier alpha value is -1.37. The van der Waals surface area contributed by atoms with Crippen LogP contribution in [0.3, 0.4) is 0 Å². The SMILES string of the molecule is NC1=C(CC(=O)N2CCOCC2)C=CC(N)(N)C1. The fourth-order valence-corrected chi connectivity index (χ4v) is 2.13. The highest BCUT2D eigenvalue weighted by molar-refractivity contribution is 5.79. The van der Waals surface area contributed by atoms with Gasteiger partial charge in [0.25, 0.3) is 0 Å². The van der Waals surface area contributed by atoms with Gasteiger partial charge in [0.05, 0.1) is 25.3 Å². The highest BCUT2D eigenvalue weighted by Crippen LogP contribution is 2.21. The highest BCUT2D eigenvalue weighted by Gasteiger charge is 2.24. The second-order valence-electron chi connectivity index (χ2n) is 4.84. The van der Waals surface area contributed by atoms with Crippen molar-refractivity contribution in [2.75, 3.05) is 26.3 Å². The molecular formula is C12H20N4O2. The quantitative estimate of drug-likeness (QED) is 0.548. The van der Waals surface area contributed by atoms with Crippen LogP contribution in [0.25, 0.3) is 0 Å². The number of allylic oxidation sites excluding steroid dienone is 1. The van der Waals surface area contributed by atoms with E-state index in [1.54, 1.807) is 17.1 Å². The van der Waals surface area contributed by atoms with Crippen LogP contribution in [0.5, 0.6) is 0 Å². The summed E-state index contributed by atoms with van der Waals surface area (Å²) in [5, 5.41) is 0. The lowest BCUT2D eigenvalue weighted by Gasteiger charge is -2.29. The fourth-order valence-electron chi connectivity index (χ4n) is 2.13. The van der Waals surface area contributed by atoms with E-state index in [9.17, 15) is 4.79 Å². The van der Waals surface area contributed by atoms with Crippen LogP contribution >= 0.6 is 0 Å². The molecule has 1 saturated heterocycles. The van der Waals surface area contributed by atoms with Crippen molar-refractivity contribution in [3.63, 3.8) is 0 Å². The Morgan fingerprint density at radius 1 is 1.39 bits per heavy atom. The summed E-state index contributed by atoms with van der Waals surface area (Å²) < 4.78 is 5.21. The molecule has 0 unspecified atom stereocenters. The minimum Gasteiger partial charge on any atom is -0.402 e. The number of hydrogen-bond donors (Lipinski definition) is 3. The largest absolute Gasteiger partial charge is 0.402 e. The summed E-state index contributed by atoms with van der Waals surface area (Å²) in [4.78, 5) is 13.9. The Morgan fingerprint density at radius 2 is 2.06 bits per heavy atom. The maximum Gasteiger partial charge on any atom is 0.227 e. The zero-order valence-corrected chi connectivity index (χ0v) is 10.4. The molecule has 100 valence electrons. The Bertz CT molecular complexity index is 395. The van der Waals surface area contributed by atoms with Crippen LogP contribution in [0.2, 0.25) is 0 Å². The molecule has 2 aliphatic rings. The van der Waals surface area contributed by atoms with Gasteiger partial charge in [0.1, 0.15) is 0 Å². The van der Waals surface area contributed by atoms with Gasteiger partial charge in [-0.15, -0.1) is 0 Å². The first-order valence-electron chi connectivity index (χ1n) is 6.08. The van der Waals surface area contributed by atoms with Crippen LogP contribution in [0.15, 0.2) is 23.4 Å². The fraction of sp³-hybridized carbons (Fsp3) is 0.583. The Labute approximate surface area is 106 Å². The van der Waals surface area contributed by atoms with Crippen LogP contribution in [-0.2, 0) is 9.53 Å². The summed E-state index contributed by atoms with van der Waals surface area (Å²) in [6, 6.07) is 0. The number of nitrogens with zero attached hydrogens (tertiary/aromatic N) is 1. The van der Waals surface area contributed by atoms with Gasteiger partial charge >= 0.3 is 0 Å². The first-order chi connectivity index (χ1) is 8.48. The summed E-state index contributed by atoms with van der Waals surface area (Å²) in [6.45, 7) is 2.50. The summed E-state index contributed by atoms with van der Waals surface area (Å²) >= 11 is 0. The van der Waals surface area contributed by atoms with Crippen molar-refractivity contribution in [3.8, 4) is 0 Å². The molecule has 0 aromatic heterocycles. The second kappa shape index (κ2) is 5.09. The number of carbonyl (C=O) groups excluding carboxylic acids is 1. The molecule has 6 nitrogen and oxygen atoms in total. The molecule has 1 amide bonds. The predicted octanol–water partition coefficient (Wildman–Crippen LogP) is -0.978. The zero-order valence-electron chi connectivity index (χ0n) is 10.4. The van der Waals surface area contributed by atoms with E-state index >= 15 is 0 Å². The molecule has 0 radical (unpaired) electrons. The molecule has 1 fully saturated rings. The lowest BCUT2D eigenvalue weighted by atomic mass is 9.93. The van der Waals surface area contributed by atoms with Crippen LogP contribution in [0, 0.1) is 0 Å². The molecule has 1 heterocycles. The molecule has 6 N–H and O–H groups in total. The third-order valence-electron chi connectivity index (χ3n) is 3.21. The minimum absolute atomic E-state index is 0.0717. The molecule has 0 spiro atoms. The Balaban J connectivity index is 1.97. The topological polar surface area (TPSA) is 108 Å². The number of amides is 1. The van der Waals surface area contributed by atoms with Crippen LogP contribution in [0.1, 0.15) is 12.8 Å². The van der Waals surface area contributed by atoms with Crippen molar-refractivity contribution in [1.82, 2.24) is 4.90 Å². The van der Waals surface area contributed by atoms with Crippen molar-refractivity contribution in [3.05, 3.63) is 23.4 Å². The van der Waals surface area contributed by atoms with Gasteiger partial charge in [-0.3, -0.25) is 4.79 Å². The van der Waals surface area contributed by atoms with Gasteiger partial charge in [-0.1, -0.05) is 6.08 Å². The van der Waals surface area contributed by atoms with Gasteiger partial charge in [-0.25, -0.2) is 0 Å². The number of rotatable bonds is 2. The highest BCUT2D eigenvalue weighted by atomic mass is 16.5. The van der Waals surface area contributed by atoms with E-state index in [0.29, 0.717) is 44.8 Å². The molecule has 18 heavy (non-hydrogen) atoms. The summed E-state index contributed by atoms with van der Waals surface area (Å²) in [5.74, 6) is 0.0717. The van der Waals surface area contributed by atoms with Crippen molar-refractivity contribution in [2.45, 2.75) is 18.5 Å². The van der Waals surface area contributed by atoms with Crippen molar-refractivity contribution < 1.29 is 9.53 Å². The third-order valence-corrected chi connectivity index (χ3v) is 3.21. The molecule has 0 atom stereocenters. The molecule has 0 bridgehead atoms. The normalized spacial score (nSPS) is 23.3. The summed E-state index contributed by atoms with van der Waals surface area (Å²) in [6.07, 6.45) is 4.15. The maximum atomic E-state index is 12.1. The number of hydrogen-bond acceptors (Lipinski definition) is 5. The lowest BCUT2D eigenvalue weighted by Crippen LogP contribution is -2.49. The van der Waals surface area contributed by atoms with Crippen molar-refractivity contribution in [1.29, 1.82) is 0 Å². The van der Waals surface area contributed by atoms with Gasteiger partial charge in [-0.05, 0) is 11.6 Å². The molecule has 6 heteroatoms. The average molecular weight is 252 g/mol. The number of carbonyl (C=O) groups is 1. The van der Waals surface area contributed by atoms with Gasteiger partial charge in [0.2, 0.25) is 5.91 Å². The predicted molar refractivity (Wildman–Crippen MR) is 68.1 cm³/mol. The molecule has 0 aromatic carbocycles. The molecular weight excluding hydrogens is 232 g/mol. The van der Waals surface area contributed by atoms with E-state index in [2.05, 4.69) is 0 Å². The van der Waals surface area contributed by atoms with E-state index in [0.717, 1.165) is 5.57 Å². The summed E-state index contributed by atoms with van der Waals surface area (Å²) in [7, 11) is 0. The van der Waals surface area contributed by atoms with Crippen LogP contribution < -0.4 is 17.2 Å². The maximum absolute atomic E-state index is 12.1. The number of morpholine rings is 1. The second-order valence-corrected chi connectivity index (χ2v) is 4.84. The van der Waals surface area contributed by atoms with Gasteiger partial charge < -0.3 is 26.8 Å². The number of ether oxygens (including phenoxy) is 1. The monoisotopic (exact) mass is 252 g/mol. The summed E-state index contributed by atoms with van der Waals surface area (Å²) in [5.41, 5.74) is 18.0. The van der Waals surface area contributed by atoms with E-state index < -0.39 is 5.66 Å². The van der Waals surface area contributed by atoms with Crippen molar-refractivity contribution >= 4 is 5.91 Å². The van der Waals surface area contributed by atoms with E-state index in [1.807, 2.05) is 0 Å². The first kappa shape index (κ1) is 13.1. The van der Waals surface area contributed by atoms with Gasteiger partial charge in [0.15, 0.2) is 0 Å². The van der Waals surface area contributed by atoms with Gasteiger partial charge in [0, 0.05) is 25.2 Å². The van der Waals surface area contributed by atoms with Crippen molar-refractivity contribution in [2.24, 2.45) is 17.2 Å². The smallest absolute Gasteiger partial charge is 0.227 e. The Morgan fingerprint density at radius 3 is 2.67 bits per heavy atom. The van der Waals surface area contributed by atoms with E-state index in [1.165, 1.54) is 0 Å². The molecule has 2 rings (SSSR count). The average Bonchev–Trinajstić information content (AvgIpc) is 2.33. The molecule has 0 saturated carbocycles.